The first-order valence-electron chi connectivity index (χ1n) is 12.1. The molecule has 0 unspecified atom stereocenters. The number of nitro benzene ring substituents is 1. The van der Waals surface area contributed by atoms with Crippen LogP contribution in [-0.4, -0.2) is 59.4 Å². The van der Waals surface area contributed by atoms with E-state index in [0.717, 1.165) is 5.56 Å². The molecule has 2 amide bonds. The van der Waals surface area contributed by atoms with E-state index in [1.165, 1.54) is 29.2 Å². The van der Waals surface area contributed by atoms with Gasteiger partial charge in [0.1, 0.15) is 12.3 Å². The highest BCUT2D eigenvalue weighted by Crippen LogP contribution is 2.28. The number of methoxy groups -OCH3 is 2. The van der Waals surface area contributed by atoms with Gasteiger partial charge in [0, 0.05) is 29.8 Å². The second kappa shape index (κ2) is 12.3. The maximum atomic E-state index is 13.6. The quantitative estimate of drug-likeness (QED) is 0.264. The molecule has 38 heavy (non-hydrogen) atoms. The highest BCUT2D eigenvalue weighted by molar-refractivity contribution is 5.97. The number of ether oxygens (including phenoxy) is 2. The lowest BCUT2D eigenvalue weighted by Crippen LogP contribution is -2.51. The van der Waals surface area contributed by atoms with Crippen molar-refractivity contribution in [1.29, 1.82) is 0 Å². The van der Waals surface area contributed by atoms with Crippen LogP contribution in [0, 0.1) is 10.1 Å². The number of hydrogen-bond acceptors (Lipinski definition) is 7. The molecule has 0 aliphatic carbocycles. The maximum absolute atomic E-state index is 13.6. The van der Waals surface area contributed by atoms with Crippen molar-refractivity contribution in [2.75, 3.05) is 27.3 Å². The van der Waals surface area contributed by atoms with Gasteiger partial charge in [0.2, 0.25) is 5.91 Å². The van der Waals surface area contributed by atoms with Crippen LogP contribution in [0.3, 0.4) is 0 Å². The van der Waals surface area contributed by atoms with Crippen LogP contribution in [0.5, 0.6) is 11.5 Å². The third-order valence-electron chi connectivity index (χ3n) is 6.07. The molecule has 0 saturated carbocycles. The monoisotopic (exact) mass is 523 g/mol. The van der Waals surface area contributed by atoms with Gasteiger partial charge in [-0.05, 0) is 69.2 Å². The van der Waals surface area contributed by atoms with Crippen molar-refractivity contribution >= 4 is 17.5 Å². The molecular weight excluding hydrogens is 490 g/mol. The molecule has 3 aromatic rings. The van der Waals surface area contributed by atoms with E-state index >= 15 is 0 Å². The third-order valence-corrected chi connectivity index (χ3v) is 6.07. The second-order valence-electron chi connectivity index (χ2n) is 9.70. The van der Waals surface area contributed by atoms with Crippen LogP contribution >= 0.6 is 0 Å². The summed E-state index contributed by atoms with van der Waals surface area (Å²) in [4.78, 5) is 40.6. The molecule has 0 aliphatic rings. The molecule has 1 heterocycles. The number of amides is 2. The lowest BCUT2D eigenvalue weighted by atomic mass is 10.0. The number of hydrogen-bond donors (Lipinski definition) is 0. The first-order chi connectivity index (χ1) is 18.0. The van der Waals surface area contributed by atoms with Crippen LogP contribution in [0.1, 0.15) is 42.5 Å². The Morgan fingerprint density at radius 3 is 2.24 bits per heavy atom. The zero-order valence-electron chi connectivity index (χ0n) is 22.3. The molecule has 0 N–H and O–H groups in total. The number of nitro groups is 1. The van der Waals surface area contributed by atoms with Gasteiger partial charge in [0.15, 0.2) is 11.5 Å². The van der Waals surface area contributed by atoms with Gasteiger partial charge in [0.05, 0.1) is 32.0 Å². The van der Waals surface area contributed by atoms with Crippen molar-refractivity contribution in [1.82, 2.24) is 9.80 Å². The van der Waals surface area contributed by atoms with Crippen LogP contribution in [0.25, 0.3) is 0 Å². The predicted molar refractivity (Wildman–Crippen MR) is 141 cm³/mol. The van der Waals surface area contributed by atoms with Crippen molar-refractivity contribution in [2.45, 2.75) is 39.3 Å². The van der Waals surface area contributed by atoms with Crippen molar-refractivity contribution in [2.24, 2.45) is 0 Å². The molecule has 1 aromatic heterocycles. The zero-order chi connectivity index (χ0) is 27.9. The normalized spacial score (nSPS) is 11.1. The summed E-state index contributed by atoms with van der Waals surface area (Å²) in [7, 11) is 3.14. The molecule has 0 saturated heterocycles. The highest BCUT2D eigenvalue weighted by atomic mass is 16.6. The highest BCUT2D eigenvalue weighted by Gasteiger charge is 2.31. The minimum Gasteiger partial charge on any atom is -0.493 e. The van der Waals surface area contributed by atoms with E-state index in [9.17, 15) is 19.7 Å². The van der Waals surface area contributed by atoms with Gasteiger partial charge in [-0.25, -0.2) is 0 Å². The van der Waals surface area contributed by atoms with Crippen LogP contribution in [0.4, 0.5) is 5.69 Å². The topological polar surface area (TPSA) is 115 Å². The fraction of sp³-hybridized carbons (Fsp3) is 0.357. The second-order valence-corrected chi connectivity index (χ2v) is 9.70. The zero-order valence-corrected chi connectivity index (χ0v) is 22.3. The van der Waals surface area contributed by atoms with Crippen LogP contribution in [0.2, 0.25) is 0 Å². The molecule has 2 aromatic carbocycles. The number of nitrogens with zero attached hydrogens (tertiary/aromatic N) is 3. The molecule has 3 rings (SSSR count). The molecule has 10 nitrogen and oxygen atoms in total. The van der Waals surface area contributed by atoms with Crippen molar-refractivity contribution in [3.63, 3.8) is 0 Å². The van der Waals surface area contributed by atoms with E-state index in [1.54, 1.807) is 37.5 Å². The lowest BCUT2D eigenvalue weighted by Gasteiger charge is -2.36. The van der Waals surface area contributed by atoms with Crippen molar-refractivity contribution < 1.29 is 28.4 Å². The van der Waals surface area contributed by atoms with Crippen LogP contribution in [-0.2, 0) is 17.8 Å². The Morgan fingerprint density at radius 1 is 1.00 bits per heavy atom. The van der Waals surface area contributed by atoms with Crippen LogP contribution < -0.4 is 9.47 Å². The third kappa shape index (κ3) is 7.12. The number of rotatable bonds is 11. The number of carbonyl (C=O) groups excluding carboxylic acids is 2. The van der Waals surface area contributed by atoms with Crippen LogP contribution in [0.15, 0.2) is 65.3 Å². The summed E-state index contributed by atoms with van der Waals surface area (Å²) in [6, 6.07) is 14.5. The first kappa shape index (κ1) is 28.2. The first-order valence-corrected chi connectivity index (χ1v) is 12.1. The van der Waals surface area contributed by atoms with Gasteiger partial charge in [-0.15, -0.1) is 0 Å². The number of carbonyl (C=O) groups is 2. The average Bonchev–Trinajstić information content (AvgIpc) is 3.41. The van der Waals surface area contributed by atoms with Gasteiger partial charge in [0.25, 0.3) is 11.6 Å². The Balaban J connectivity index is 1.81. The Kier molecular flexibility index (Phi) is 9.11. The summed E-state index contributed by atoms with van der Waals surface area (Å²) in [5.41, 5.74) is 0.421. The fourth-order valence-corrected chi connectivity index (χ4v) is 3.91. The Morgan fingerprint density at radius 2 is 1.68 bits per heavy atom. The SMILES string of the molecule is COc1ccc(CCN(Cc2ccco2)C(=O)CN(C(=O)c2ccc([N+](=O)[O-])cc2)C(C)(C)C)cc1OC. The summed E-state index contributed by atoms with van der Waals surface area (Å²) in [6.45, 7) is 5.95. The van der Waals surface area contributed by atoms with E-state index in [4.69, 9.17) is 13.9 Å². The van der Waals surface area contributed by atoms with Crippen molar-refractivity contribution in [3.05, 3.63) is 87.9 Å². The standard InChI is InChI=1S/C28H33N3O7/c1-28(2,3)30(27(33)21-9-11-22(12-10-21)31(34)35)19-26(32)29(18-23-7-6-16-38-23)15-14-20-8-13-24(36-4)25(17-20)37-5/h6-13,16-17H,14-15,18-19H2,1-5H3. The largest absolute Gasteiger partial charge is 0.493 e. The minimum absolute atomic E-state index is 0.111. The van der Waals surface area contributed by atoms with Gasteiger partial charge in [-0.1, -0.05) is 6.07 Å². The summed E-state index contributed by atoms with van der Waals surface area (Å²) in [5.74, 6) is 1.19. The van der Waals surface area contributed by atoms with E-state index in [0.29, 0.717) is 30.2 Å². The summed E-state index contributed by atoms with van der Waals surface area (Å²) in [5, 5.41) is 11.0. The van der Waals surface area contributed by atoms with E-state index in [2.05, 4.69) is 0 Å². The molecule has 202 valence electrons. The molecule has 0 spiro atoms. The molecule has 0 fully saturated rings. The van der Waals surface area contributed by atoms with E-state index in [-0.39, 0.29) is 30.2 Å². The molecular formula is C28H33N3O7. The van der Waals surface area contributed by atoms with Gasteiger partial charge in [-0.2, -0.15) is 0 Å². The fourth-order valence-electron chi connectivity index (χ4n) is 3.91. The molecule has 10 heteroatoms. The smallest absolute Gasteiger partial charge is 0.269 e. The van der Waals surface area contributed by atoms with Gasteiger partial charge >= 0.3 is 0 Å². The number of furan rings is 1. The summed E-state index contributed by atoms with van der Waals surface area (Å²) >= 11 is 0. The Hall–Kier alpha value is -4.34. The minimum atomic E-state index is -0.686. The molecule has 0 radical (unpaired) electrons. The summed E-state index contributed by atoms with van der Waals surface area (Å²) < 4.78 is 16.2. The molecule has 0 aliphatic heterocycles. The summed E-state index contributed by atoms with van der Waals surface area (Å²) in [6.07, 6.45) is 2.09. The average molecular weight is 524 g/mol. The maximum Gasteiger partial charge on any atom is 0.269 e. The molecule has 0 atom stereocenters. The Bertz CT molecular complexity index is 1250. The van der Waals surface area contributed by atoms with E-state index in [1.807, 2.05) is 39.0 Å². The molecule has 0 bridgehead atoms. The van der Waals surface area contributed by atoms with Gasteiger partial charge < -0.3 is 23.7 Å². The van der Waals surface area contributed by atoms with Gasteiger partial charge in [-0.3, -0.25) is 19.7 Å². The Labute approximate surface area is 221 Å². The van der Waals surface area contributed by atoms with E-state index < -0.39 is 16.4 Å². The predicted octanol–water partition coefficient (Wildman–Crippen LogP) is 4.72. The van der Waals surface area contributed by atoms with Crippen molar-refractivity contribution in [3.8, 4) is 11.5 Å². The lowest BCUT2D eigenvalue weighted by molar-refractivity contribution is -0.384. The number of benzene rings is 2. The number of non-ortho nitro benzene ring substituents is 1.